The van der Waals surface area contributed by atoms with Crippen molar-refractivity contribution in [2.24, 2.45) is 0 Å². The zero-order valence-corrected chi connectivity index (χ0v) is 26.9. The van der Waals surface area contributed by atoms with E-state index in [1.54, 1.807) is 36.0 Å². The average Bonchev–Trinajstić information content (AvgIpc) is 2.92. The Labute approximate surface area is 259 Å². The fraction of sp³-hybridized carbons (Fsp3) is 0.531. The largest absolute Gasteiger partial charge is 0.444 e. The van der Waals surface area contributed by atoms with Gasteiger partial charge >= 0.3 is 6.09 Å². The highest BCUT2D eigenvalue weighted by Crippen LogP contribution is 2.40. The molecule has 0 bridgehead atoms. The Bertz CT molecular complexity index is 1340. The molecule has 0 unspecified atom stereocenters. The smallest absolute Gasteiger partial charge is 0.410 e. The van der Waals surface area contributed by atoms with E-state index in [-0.39, 0.29) is 23.9 Å². The van der Waals surface area contributed by atoms with Gasteiger partial charge in [0, 0.05) is 47.2 Å². The van der Waals surface area contributed by atoms with Crippen molar-refractivity contribution < 1.29 is 19.1 Å². The molecule has 2 aliphatic heterocycles. The number of carbonyl (C=O) groups is 3. The number of benzene rings is 2. The molecule has 4 rings (SSSR count). The van der Waals surface area contributed by atoms with Gasteiger partial charge in [-0.05, 0) is 68.9 Å². The first-order valence-electron chi connectivity index (χ1n) is 14.4. The van der Waals surface area contributed by atoms with Gasteiger partial charge in [0.2, 0.25) is 11.8 Å². The maximum atomic E-state index is 13.6. The zero-order valence-electron chi connectivity index (χ0n) is 25.4. The van der Waals surface area contributed by atoms with E-state index in [2.05, 4.69) is 16.3 Å². The summed E-state index contributed by atoms with van der Waals surface area (Å²) in [7, 11) is 3.44. The first kappa shape index (κ1) is 32.1. The summed E-state index contributed by atoms with van der Waals surface area (Å²) in [5, 5.41) is 4.08. The molecule has 2 aliphatic rings. The van der Waals surface area contributed by atoms with E-state index >= 15 is 0 Å². The molecule has 0 saturated carbocycles. The van der Waals surface area contributed by atoms with Gasteiger partial charge in [-0.2, -0.15) is 0 Å². The minimum Gasteiger partial charge on any atom is -0.444 e. The minimum absolute atomic E-state index is 0.0621. The van der Waals surface area contributed by atoms with Crippen molar-refractivity contribution in [2.75, 3.05) is 40.3 Å². The number of nitrogens with one attached hydrogen (secondary N) is 1. The highest BCUT2D eigenvalue weighted by atomic mass is 35.5. The number of rotatable bonds is 7. The summed E-state index contributed by atoms with van der Waals surface area (Å²) in [5.41, 5.74) is 1.04. The minimum atomic E-state index is -0.961. The number of hydrogen-bond acceptors (Lipinski definition) is 5. The lowest BCUT2D eigenvalue weighted by Gasteiger charge is -2.48. The average molecular weight is 618 g/mol. The van der Waals surface area contributed by atoms with Crippen LogP contribution in [0, 0.1) is 0 Å². The topological polar surface area (TPSA) is 82.2 Å². The zero-order chi connectivity index (χ0) is 30.9. The Morgan fingerprint density at radius 2 is 1.71 bits per heavy atom. The lowest BCUT2D eigenvalue weighted by Crippen LogP contribution is -2.58. The third-order valence-electron chi connectivity index (χ3n) is 8.62. The Morgan fingerprint density at radius 1 is 1.05 bits per heavy atom. The molecule has 0 aliphatic carbocycles. The van der Waals surface area contributed by atoms with E-state index in [1.165, 1.54) is 12.5 Å². The predicted octanol–water partition coefficient (Wildman–Crippen LogP) is 5.59. The number of likely N-dealkylation sites (tertiary alicyclic amines) is 1. The van der Waals surface area contributed by atoms with E-state index in [9.17, 15) is 14.4 Å². The number of piperidine rings is 1. The van der Waals surface area contributed by atoms with Gasteiger partial charge < -0.3 is 19.9 Å². The van der Waals surface area contributed by atoms with Crippen LogP contribution in [0.15, 0.2) is 42.5 Å². The lowest BCUT2D eigenvalue weighted by atomic mass is 9.75. The van der Waals surface area contributed by atoms with Crippen molar-refractivity contribution in [2.45, 2.75) is 70.1 Å². The van der Waals surface area contributed by atoms with Crippen molar-refractivity contribution in [1.29, 1.82) is 0 Å². The molecule has 0 aromatic heterocycles. The molecule has 1 spiro atoms. The fourth-order valence-corrected chi connectivity index (χ4v) is 6.46. The number of hydrogen-bond donors (Lipinski definition) is 1. The Kier molecular flexibility index (Phi) is 9.50. The predicted molar refractivity (Wildman–Crippen MR) is 166 cm³/mol. The van der Waals surface area contributed by atoms with Gasteiger partial charge in [-0.3, -0.25) is 14.5 Å². The number of fused-ring (bicyclic) bond motifs is 2. The third kappa shape index (κ3) is 6.87. The summed E-state index contributed by atoms with van der Waals surface area (Å²) in [5.74, 6) is -0.0596. The van der Waals surface area contributed by atoms with Crippen LogP contribution in [-0.4, -0.2) is 78.5 Å². The van der Waals surface area contributed by atoms with Gasteiger partial charge in [-0.15, -0.1) is 0 Å². The second-order valence-electron chi connectivity index (χ2n) is 12.6. The fourth-order valence-electron chi connectivity index (χ4n) is 6.16. The van der Waals surface area contributed by atoms with E-state index in [4.69, 9.17) is 27.9 Å². The second kappa shape index (κ2) is 12.4. The van der Waals surface area contributed by atoms with Crippen molar-refractivity contribution in [1.82, 2.24) is 20.0 Å². The summed E-state index contributed by atoms with van der Waals surface area (Å²) in [6.07, 6.45) is 1.99. The van der Waals surface area contributed by atoms with E-state index in [0.717, 1.165) is 37.1 Å². The van der Waals surface area contributed by atoms with Crippen LogP contribution in [0.2, 0.25) is 10.0 Å². The molecule has 2 aromatic rings. The van der Waals surface area contributed by atoms with Crippen LogP contribution in [0.4, 0.5) is 4.79 Å². The molecule has 1 N–H and O–H groups in total. The maximum Gasteiger partial charge on any atom is 0.410 e. The molecular formula is C32H42Cl2N4O4. The molecule has 2 heterocycles. The maximum absolute atomic E-state index is 13.6. The molecule has 10 heteroatoms. The number of likely N-dealkylation sites (N-methyl/N-ethyl adjacent to an activating group) is 2. The van der Waals surface area contributed by atoms with Gasteiger partial charge in [0.15, 0.2) is 0 Å². The monoisotopic (exact) mass is 616 g/mol. The molecule has 3 amide bonds. The SMILES string of the molecule is CC(=O)N(C)C[C@](CCN1CCC2(CC1)NC(=O)Cc1ccccc12)(c1ccc(Cl)c(Cl)c1)N(C)C(=O)OC(C)(C)C. The molecular weight excluding hydrogens is 575 g/mol. The summed E-state index contributed by atoms with van der Waals surface area (Å²) < 4.78 is 5.80. The number of carbonyl (C=O) groups excluding carboxylic acids is 3. The van der Waals surface area contributed by atoms with E-state index in [1.807, 2.05) is 45.0 Å². The Morgan fingerprint density at radius 3 is 2.33 bits per heavy atom. The van der Waals surface area contributed by atoms with Crippen LogP contribution in [-0.2, 0) is 31.8 Å². The lowest BCUT2D eigenvalue weighted by molar-refractivity contribution is -0.130. The molecule has 1 fully saturated rings. The second-order valence-corrected chi connectivity index (χ2v) is 13.4. The summed E-state index contributed by atoms with van der Waals surface area (Å²) >= 11 is 12.8. The Balaban J connectivity index is 1.64. The molecule has 228 valence electrons. The normalized spacial score (nSPS) is 18.0. The molecule has 2 aromatic carbocycles. The van der Waals surface area contributed by atoms with Crippen molar-refractivity contribution >= 4 is 41.1 Å². The van der Waals surface area contributed by atoms with Gasteiger partial charge in [0.1, 0.15) is 5.60 Å². The van der Waals surface area contributed by atoms with Crippen LogP contribution in [0.3, 0.4) is 0 Å². The van der Waals surface area contributed by atoms with Gasteiger partial charge in [-0.25, -0.2) is 4.79 Å². The van der Waals surface area contributed by atoms with Crippen LogP contribution < -0.4 is 5.32 Å². The third-order valence-corrected chi connectivity index (χ3v) is 9.36. The first-order chi connectivity index (χ1) is 19.7. The highest BCUT2D eigenvalue weighted by molar-refractivity contribution is 6.42. The standard InChI is InChI=1S/C32H42Cl2N4O4/c1-22(39)36(5)21-32(24-11-12-26(33)27(34)20-24,37(6)29(41)42-30(2,3)4)15-18-38-16-13-31(14-17-38)25-10-8-7-9-23(25)19-28(40)35-31/h7-12,20H,13-19,21H2,1-6H3,(H,35,40)/t32-/m1/s1. The molecule has 1 saturated heterocycles. The van der Waals surface area contributed by atoms with Crippen molar-refractivity contribution in [3.05, 3.63) is 69.2 Å². The van der Waals surface area contributed by atoms with E-state index in [0.29, 0.717) is 29.4 Å². The quantitative estimate of drug-likeness (QED) is 0.439. The summed E-state index contributed by atoms with van der Waals surface area (Å²) in [4.78, 5) is 44.3. The molecule has 0 radical (unpaired) electrons. The first-order valence-corrected chi connectivity index (χ1v) is 15.2. The molecule has 1 atom stereocenters. The number of amides is 3. The number of halogens is 2. The molecule has 8 nitrogen and oxygen atoms in total. The van der Waals surface area contributed by atoms with Crippen LogP contribution in [0.5, 0.6) is 0 Å². The van der Waals surface area contributed by atoms with Crippen LogP contribution >= 0.6 is 23.2 Å². The van der Waals surface area contributed by atoms with Gasteiger partial charge in [-0.1, -0.05) is 53.5 Å². The summed E-state index contributed by atoms with van der Waals surface area (Å²) in [6.45, 7) is 9.40. The number of nitrogens with zero attached hydrogens (tertiary/aromatic N) is 3. The van der Waals surface area contributed by atoms with Crippen molar-refractivity contribution in [3.63, 3.8) is 0 Å². The van der Waals surface area contributed by atoms with Crippen LogP contribution in [0.1, 0.15) is 63.6 Å². The highest BCUT2D eigenvalue weighted by Gasteiger charge is 2.45. The van der Waals surface area contributed by atoms with Gasteiger partial charge in [0.05, 0.1) is 27.5 Å². The summed E-state index contributed by atoms with van der Waals surface area (Å²) in [6, 6.07) is 13.6. The Hall–Kier alpha value is -2.81. The van der Waals surface area contributed by atoms with Crippen molar-refractivity contribution in [3.8, 4) is 0 Å². The van der Waals surface area contributed by atoms with E-state index < -0.39 is 17.2 Å². The number of ether oxygens (including phenoxy) is 1. The molecule has 42 heavy (non-hydrogen) atoms. The van der Waals surface area contributed by atoms with Gasteiger partial charge in [0.25, 0.3) is 0 Å². The van der Waals surface area contributed by atoms with Crippen LogP contribution in [0.25, 0.3) is 0 Å².